The van der Waals surface area contributed by atoms with Gasteiger partial charge in [0.2, 0.25) is 5.91 Å². The maximum Gasteiger partial charge on any atom is 0.261 e. The van der Waals surface area contributed by atoms with E-state index in [1.807, 2.05) is 24.3 Å². The second kappa shape index (κ2) is 7.71. The number of nitrogens with zero attached hydrogens (tertiary/aromatic N) is 1. The van der Waals surface area contributed by atoms with E-state index < -0.39 is 23.9 Å². The average molecular weight is 404 g/mol. The van der Waals surface area contributed by atoms with E-state index in [1.165, 1.54) is 12.1 Å². The summed E-state index contributed by atoms with van der Waals surface area (Å²) in [5, 5.41) is 2.98. The third-order valence-electron chi connectivity index (χ3n) is 5.72. The van der Waals surface area contributed by atoms with Crippen LogP contribution >= 0.6 is 0 Å². The van der Waals surface area contributed by atoms with E-state index in [-0.39, 0.29) is 37.8 Å². The molecule has 1 fully saturated rings. The number of benzene rings is 2. The minimum atomic E-state index is -2.73. The van der Waals surface area contributed by atoms with Crippen molar-refractivity contribution in [3.8, 4) is 5.75 Å². The molecule has 0 bridgehead atoms. The van der Waals surface area contributed by atoms with E-state index in [9.17, 15) is 18.0 Å². The van der Waals surface area contributed by atoms with Crippen molar-refractivity contribution in [2.45, 2.75) is 37.3 Å². The number of alkyl halides is 2. The van der Waals surface area contributed by atoms with Crippen molar-refractivity contribution in [1.82, 2.24) is 10.2 Å². The van der Waals surface area contributed by atoms with Gasteiger partial charge in [0.25, 0.3) is 5.92 Å². The van der Waals surface area contributed by atoms with Crippen LogP contribution in [-0.2, 0) is 4.79 Å². The van der Waals surface area contributed by atoms with Gasteiger partial charge in [0.15, 0.2) is 0 Å². The molecule has 0 aromatic heterocycles. The Morgan fingerprint density at radius 3 is 2.62 bits per heavy atom. The summed E-state index contributed by atoms with van der Waals surface area (Å²) >= 11 is 0. The molecule has 2 aromatic carbocycles. The highest BCUT2D eigenvalue weighted by atomic mass is 19.3. The summed E-state index contributed by atoms with van der Waals surface area (Å²) in [6, 6.07) is 12.3. The van der Waals surface area contributed by atoms with Gasteiger partial charge in [-0.2, -0.15) is 0 Å². The second-order valence-corrected chi connectivity index (χ2v) is 7.76. The second-order valence-electron chi connectivity index (χ2n) is 7.76. The normalized spacial score (nSPS) is 24.4. The van der Waals surface area contributed by atoms with Crippen LogP contribution in [0.4, 0.5) is 13.2 Å². The number of halogens is 3. The highest BCUT2D eigenvalue weighted by Crippen LogP contribution is 2.40. The summed E-state index contributed by atoms with van der Waals surface area (Å²) in [5.74, 6) is -3.20. The van der Waals surface area contributed by atoms with E-state index in [4.69, 9.17) is 4.74 Å². The van der Waals surface area contributed by atoms with Crippen LogP contribution in [0.15, 0.2) is 48.5 Å². The molecule has 4 rings (SSSR count). The molecule has 0 spiro atoms. The van der Waals surface area contributed by atoms with Gasteiger partial charge < -0.3 is 10.1 Å². The minimum absolute atomic E-state index is 0.195. The predicted molar refractivity (Wildman–Crippen MR) is 103 cm³/mol. The molecule has 2 unspecified atom stereocenters. The summed E-state index contributed by atoms with van der Waals surface area (Å²) in [6.07, 6.45) is -0.195. The van der Waals surface area contributed by atoms with Crippen molar-refractivity contribution in [2.24, 2.45) is 0 Å². The lowest BCUT2D eigenvalue weighted by Crippen LogP contribution is -2.52. The summed E-state index contributed by atoms with van der Waals surface area (Å²) in [7, 11) is 0. The lowest BCUT2D eigenvalue weighted by molar-refractivity contribution is -0.124. The van der Waals surface area contributed by atoms with Crippen molar-refractivity contribution in [3.63, 3.8) is 0 Å². The number of carbonyl (C=O) groups excluding carboxylic acids is 1. The standard InChI is InChI=1S/C22H23F3N2O2/c1-14(15-6-8-16(23)9-7-15)21(28)26-18-12-29-19-5-3-2-4-17(19)20(18)27-11-10-22(24,25)13-27/h2-9,14,18,20H,10-13H2,1H3,(H,26,28)/t14-,18?,20?/m0/s1. The molecule has 2 aliphatic heterocycles. The van der Waals surface area contributed by atoms with Gasteiger partial charge in [-0.15, -0.1) is 0 Å². The Bertz CT molecular complexity index is 888. The highest BCUT2D eigenvalue weighted by molar-refractivity contribution is 5.83. The number of rotatable bonds is 4. The van der Waals surface area contributed by atoms with E-state index in [0.29, 0.717) is 11.3 Å². The van der Waals surface area contributed by atoms with Gasteiger partial charge in [-0.05, 0) is 30.7 Å². The van der Waals surface area contributed by atoms with E-state index >= 15 is 0 Å². The van der Waals surface area contributed by atoms with Crippen LogP contribution in [-0.4, -0.2) is 42.5 Å². The first-order chi connectivity index (χ1) is 13.8. The molecule has 1 N–H and O–H groups in total. The van der Waals surface area contributed by atoms with Crippen LogP contribution in [0.2, 0.25) is 0 Å². The Hall–Kier alpha value is -2.54. The fourth-order valence-corrected chi connectivity index (χ4v) is 4.13. The number of carbonyl (C=O) groups is 1. The van der Waals surface area contributed by atoms with E-state index in [1.54, 1.807) is 24.0 Å². The summed E-state index contributed by atoms with van der Waals surface area (Å²) < 4.78 is 46.8. The van der Waals surface area contributed by atoms with Crippen LogP contribution in [0.1, 0.15) is 36.4 Å². The Morgan fingerprint density at radius 2 is 1.93 bits per heavy atom. The summed E-state index contributed by atoms with van der Waals surface area (Å²) in [6.45, 7) is 1.85. The molecule has 2 aromatic rings. The van der Waals surface area contributed by atoms with Gasteiger partial charge in [0.05, 0.1) is 24.5 Å². The van der Waals surface area contributed by atoms with Gasteiger partial charge in [0, 0.05) is 18.5 Å². The molecule has 7 heteroatoms. The fraction of sp³-hybridized carbons (Fsp3) is 0.409. The Kier molecular flexibility index (Phi) is 5.25. The Balaban J connectivity index is 1.56. The highest BCUT2D eigenvalue weighted by Gasteiger charge is 2.45. The molecule has 3 atom stereocenters. The molecule has 2 heterocycles. The number of nitrogens with one attached hydrogen (secondary N) is 1. The molecule has 0 saturated carbocycles. The van der Waals surface area contributed by atoms with Crippen molar-refractivity contribution in [3.05, 3.63) is 65.5 Å². The van der Waals surface area contributed by atoms with Gasteiger partial charge in [0.1, 0.15) is 18.2 Å². The van der Waals surface area contributed by atoms with Crippen molar-refractivity contribution in [1.29, 1.82) is 0 Å². The van der Waals surface area contributed by atoms with Crippen LogP contribution < -0.4 is 10.1 Å². The third kappa shape index (κ3) is 4.10. The molecule has 29 heavy (non-hydrogen) atoms. The zero-order valence-electron chi connectivity index (χ0n) is 16.1. The first kappa shape index (κ1) is 19.8. The number of ether oxygens (including phenoxy) is 1. The Morgan fingerprint density at radius 1 is 1.21 bits per heavy atom. The SMILES string of the molecule is C[C@H](C(=O)NC1COc2ccccc2C1N1CCC(F)(F)C1)c1ccc(F)cc1. The van der Waals surface area contributed by atoms with E-state index in [0.717, 1.165) is 5.56 Å². The fourth-order valence-electron chi connectivity index (χ4n) is 4.13. The number of amides is 1. The van der Waals surface area contributed by atoms with Crippen LogP contribution in [0.25, 0.3) is 0 Å². The first-order valence-electron chi connectivity index (χ1n) is 9.73. The average Bonchev–Trinajstić information content (AvgIpc) is 3.07. The maximum absolute atomic E-state index is 13.9. The maximum atomic E-state index is 13.9. The smallest absolute Gasteiger partial charge is 0.261 e. The van der Waals surface area contributed by atoms with Crippen LogP contribution in [0.3, 0.4) is 0 Å². The largest absolute Gasteiger partial charge is 0.491 e. The lowest BCUT2D eigenvalue weighted by Gasteiger charge is -2.39. The topological polar surface area (TPSA) is 41.6 Å². The Labute approximate surface area is 167 Å². The number of fused-ring (bicyclic) bond motifs is 1. The molecule has 154 valence electrons. The van der Waals surface area contributed by atoms with Crippen molar-refractivity contribution >= 4 is 5.91 Å². The monoisotopic (exact) mass is 404 g/mol. The lowest BCUT2D eigenvalue weighted by atomic mass is 9.93. The number of hydrogen-bond donors (Lipinski definition) is 1. The van der Waals surface area contributed by atoms with Crippen molar-refractivity contribution < 1.29 is 22.7 Å². The third-order valence-corrected chi connectivity index (χ3v) is 5.72. The van der Waals surface area contributed by atoms with Crippen LogP contribution in [0.5, 0.6) is 5.75 Å². The number of likely N-dealkylation sites (tertiary alicyclic amines) is 1. The van der Waals surface area contributed by atoms with Gasteiger partial charge in [-0.1, -0.05) is 30.3 Å². The molecule has 0 radical (unpaired) electrons. The van der Waals surface area contributed by atoms with Gasteiger partial charge in [-0.25, -0.2) is 13.2 Å². The van der Waals surface area contributed by atoms with Gasteiger partial charge >= 0.3 is 0 Å². The summed E-state index contributed by atoms with van der Waals surface area (Å²) in [4.78, 5) is 14.6. The number of para-hydroxylation sites is 1. The number of hydrogen-bond acceptors (Lipinski definition) is 3. The first-order valence-corrected chi connectivity index (χ1v) is 9.73. The molecular weight excluding hydrogens is 381 g/mol. The van der Waals surface area contributed by atoms with E-state index in [2.05, 4.69) is 5.32 Å². The molecular formula is C22H23F3N2O2. The zero-order chi connectivity index (χ0) is 20.6. The van der Waals surface area contributed by atoms with Crippen molar-refractivity contribution in [2.75, 3.05) is 19.7 Å². The summed E-state index contributed by atoms with van der Waals surface area (Å²) in [5.41, 5.74) is 1.49. The zero-order valence-corrected chi connectivity index (χ0v) is 16.1. The molecule has 1 amide bonds. The minimum Gasteiger partial charge on any atom is -0.491 e. The molecule has 4 nitrogen and oxygen atoms in total. The molecule has 2 aliphatic rings. The van der Waals surface area contributed by atoms with Crippen LogP contribution in [0, 0.1) is 5.82 Å². The predicted octanol–water partition coefficient (Wildman–Crippen LogP) is 3.89. The molecule has 0 aliphatic carbocycles. The van der Waals surface area contributed by atoms with Gasteiger partial charge in [-0.3, -0.25) is 9.69 Å². The molecule has 1 saturated heterocycles. The quantitative estimate of drug-likeness (QED) is 0.841.